The number of amides is 1. The molecule has 0 spiro atoms. The number of likely N-dealkylation sites (tertiary alicyclic amines) is 1. The van der Waals surface area contributed by atoms with Gasteiger partial charge >= 0.3 is 0 Å². The number of pyridine rings is 1. The molecule has 0 radical (unpaired) electrons. The number of carbonyl (C=O) groups excluding carboxylic acids is 1. The topological polar surface area (TPSA) is 79.5 Å². The van der Waals surface area contributed by atoms with Crippen molar-refractivity contribution in [2.45, 2.75) is 19.4 Å². The quantitative estimate of drug-likeness (QED) is 0.747. The molecule has 1 amide bonds. The maximum absolute atomic E-state index is 12.2. The largest absolute Gasteiger partial charge is 0.506 e. The van der Waals surface area contributed by atoms with Gasteiger partial charge in [-0.15, -0.1) is 0 Å². The van der Waals surface area contributed by atoms with Crippen molar-refractivity contribution >= 4 is 5.91 Å². The number of carbonyl (C=O) groups is 1. The van der Waals surface area contributed by atoms with Gasteiger partial charge < -0.3 is 15.7 Å². The van der Waals surface area contributed by atoms with Crippen LogP contribution in [0.5, 0.6) is 5.75 Å². The highest BCUT2D eigenvalue weighted by Crippen LogP contribution is 2.18. The number of aromatic hydroxyl groups is 1. The second-order valence-electron chi connectivity index (χ2n) is 4.74. The Morgan fingerprint density at radius 3 is 2.94 bits per heavy atom. The summed E-state index contributed by atoms with van der Waals surface area (Å²) in [6.07, 6.45) is 3.72. The third-order valence-electron chi connectivity index (χ3n) is 2.95. The Kier molecular flexibility index (Phi) is 3.28. The SMILES string of the molecule is CC1CC(N)CN(C(=O)c2cncc(O)c2)C1. The van der Waals surface area contributed by atoms with Crippen LogP contribution in [0.4, 0.5) is 0 Å². The minimum absolute atomic E-state index is 0.00482. The van der Waals surface area contributed by atoms with Gasteiger partial charge in [-0.1, -0.05) is 6.92 Å². The van der Waals surface area contributed by atoms with Gasteiger partial charge in [0.25, 0.3) is 5.91 Å². The van der Waals surface area contributed by atoms with E-state index in [9.17, 15) is 9.90 Å². The first kappa shape index (κ1) is 11.9. The molecule has 2 atom stereocenters. The van der Waals surface area contributed by atoms with Gasteiger partial charge in [0, 0.05) is 25.3 Å². The van der Waals surface area contributed by atoms with E-state index < -0.39 is 0 Å². The summed E-state index contributed by atoms with van der Waals surface area (Å²) in [6.45, 7) is 3.36. The van der Waals surface area contributed by atoms with Gasteiger partial charge in [0.05, 0.1) is 11.8 Å². The lowest BCUT2D eigenvalue weighted by Crippen LogP contribution is -2.48. The first-order valence-electron chi connectivity index (χ1n) is 5.75. The fraction of sp³-hybridized carbons (Fsp3) is 0.500. The van der Waals surface area contributed by atoms with Crippen LogP contribution < -0.4 is 5.73 Å². The molecule has 1 aliphatic heterocycles. The van der Waals surface area contributed by atoms with E-state index in [0.717, 1.165) is 6.42 Å². The van der Waals surface area contributed by atoms with Crippen molar-refractivity contribution in [1.82, 2.24) is 9.88 Å². The molecule has 1 aliphatic rings. The van der Waals surface area contributed by atoms with Crippen LogP contribution in [-0.2, 0) is 0 Å². The Bertz CT molecular complexity index is 412. The first-order valence-corrected chi connectivity index (χ1v) is 5.75. The van der Waals surface area contributed by atoms with E-state index in [1.165, 1.54) is 18.5 Å². The molecular formula is C12H17N3O2. The van der Waals surface area contributed by atoms with Crippen LogP contribution in [0.3, 0.4) is 0 Å². The molecule has 2 rings (SSSR count). The van der Waals surface area contributed by atoms with Crippen molar-refractivity contribution in [2.24, 2.45) is 11.7 Å². The molecule has 2 heterocycles. The van der Waals surface area contributed by atoms with Gasteiger partial charge in [-0.2, -0.15) is 0 Å². The minimum atomic E-state index is -0.115. The van der Waals surface area contributed by atoms with E-state index in [4.69, 9.17) is 5.73 Å². The fourth-order valence-corrected chi connectivity index (χ4v) is 2.29. The van der Waals surface area contributed by atoms with Crippen LogP contribution in [0.25, 0.3) is 0 Å². The summed E-state index contributed by atoms with van der Waals surface area (Å²) in [5.41, 5.74) is 6.31. The summed E-state index contributed by atoms with van der Waals surface area (Å²) < 4.78 is 0. The zero-order valence-electron chi connectivity index (χ0n) is 9.84. The summed E-state index contributed by atoms with van der Waals surface area (Å²) >= 11 is 0. The van der Waals surface area contributed by atoms with Gasteiger partial charge in [0.1, 0.15) is 5.75 Å². The number of piperidine rings is 1. The predicted octanol–water partition coefficient (Wildman–Crippen LogP) is 0.596. The number of aromatic nitrogens is 1. The Labute approximate surface area is 100 Å². The van der Waals surface area contributed by atoms with Gasteiger partial charge in [0.15, 0.2) is 0 Å². The molecule has 1 aromatic heterocycles. The Morgan fingerprint density at radius 1 is 1.53 bits per heavy atom. The number of hydrogen-bond acceptors (Lipinski definition) is 4. The average molecular weight is 235 g/mol. The van der Waals surface area contributed by atoms with E-state index in [1.807, 2.05) is 0 Å². The van der Waals surface area contributed by atoms with Crippen LogP contribution in [0.1, 0.15) is 23.7 Å². The zero-order chi connectivity index (χ0) is 12.4. The van der Waals surface area contributed by atoms with Crippen LogP contribution in [-0.4, -0.2) is 40.0 Å². The van der Waals surface area contributed by atoms with Crippen molar-refractivity contribution in [2.75, 3.05) is 13.1 Å². The summed E-state index contributed by atoms with van der Waals surface area (Å²) in [5, 5.41) is 9.31. The van der Waals surface area contributed by atoms with E-state index >= 15 is 0 Å². The molecule has 1 saturated heterocycles. The molecule has 3 N–H and O–H groups in total. The molecule has 0 bridgehead atoms. The highest BCUT2D eigenvalue weighted by molar-refractivity contribution is 5.94. The first-order chi connectivity index (χ1) is 8.06. The molecule has 5 heteroatoms. The highest BCUT2D eigenvalue weighted by atomic mass is 16.3. The summed E-state index contributed by atoms with van der Waals surface area (Å²) in [6, 6.07) is 1.47. The number of nitrogens with zero attached hydrogens (tertiary/aromatic N) is 2. The molecule has 1 aromatic rings. The molecule has 2 unspecified atom stereocenters. The molecule has 17 heavy (non-hydrogen) atoms. The summed E-state index contributed by atoms with van der Waals surface area (Å²) in [4.78, 5) is 17.7. The van der Waals surface area contributed by atoms with Crippen molar-refractivity contribution < 1.29 is 9.90 Å². The lowest BCUT2D eigenvalue weighted by atomic mass is 9.96. The second kappa shape index (κ2) is 4.71. The third kappa shape index (κ3) is 2.74. The van der Waals surface area contributed by atoms with Crippen molar-refractivity contribution in [3.63, 3.8) is 0 Å². The predicted molar refractivity (Wildman–Crippen MR) is 63.6 cm³/mol. The number of rotatable bonds is 1. The van der Waals surface area contributed by atoms with Crippen LogP contribution in [0.2, 0.25) is 0 Å². The van der Waals surface area contributed by atoms with Gasteiger partial charge in [-0.3, -0.25) is 9.78 Å². The smallest absolute Gasteiger partial charge is 0.255 e. The van der Waals surface area contributed by atoms with Crippen molar-refractivity contribution in [3.05, 3.63) is 24.0 Å². The minimum Gasteiger partial charge on any atom is -0.506 e. The summed E-state index contributed by atoms with van der Waals surface area (Å²) in [5.74, 6) is 0.300. The standard InChI is InChI=1S/C12H17N3O2/c1-8-2-10(13)7-15(6-8)12(17)9-3-11(16)5-14-4-9/h3-5,8,10,16H,2,6-7,13H2,1H3. The maximum atomic E-state index is 12.2. The molecule has 92 valence electrons. The number of hydrogen-bond donors (Lipinski definition) is 2. The Morgan fingerprint density at radius 2 is 2.29 bits per heavy atom. The molecular weight excluding hydrogens is 218 g/mol. The second-order valence-corrected chi connectivity index (χ2v) is 4.74. The monoisotopic (exact) mass is 235 g/mol. The van der Waals surface area contributed by atoms with Gasteiger partial charge in [0.2, 0.25) is 0 Å². The van der Waals surface area contributed by atoms with Crippen molar-refractivity contribution in [3.8, 4) is 5.75 Å². The zero-order valence-corrected chi connectivity index (χ0v) is 9.84. The molecule has 5 nitrogen and oxygen atoms in total. The Hall–Kier alpha value is -1.62. The van der Waals surface area contributed by atoms with E-state index in [2.05, 4.69) is 11.9 Å². The molecule has 0 aromatic carbocycles. The summed E-state index contributed by atoms with van der Waals surface area (Å²) in [7, 11) is 0. The van der Waals surface area contributed by atoms with Gasteiger partial charge in [-0.25, -0.2) is 0 Å². The van der Waals surface area contributed by atoms with E-state index in [1.54, 1.807) is 4.90 Å². The average Bonchev–Trinajstić information content (AvgIpc) is 2.26. The van der Waals surface area contributed by atoms with Crippen LogP contribution in [0, 0.1) is 5.92 Å². The molecule has 1 fully saturated rings. The molecule has 0 aliphatic carbocycles. The lowest BCUT2D eigenvalue weighted by Gasteiger charge is -2.34. The van der Waals surface area contributed by atoms with E-state index in [0.29, 0.717) is 24.6 Å². The third-order valence-corrected chi connectivity index (χ3v) is 2.95. The maximum Gasteiger partial charge on any atom is 0.255 e. The lowest BCUT2D eigenvalue weighted by molar-refractivity contribution is 0.0660. The van der Waals surface area contributed by atoms with Crippen LogP contribution >= 0.6 is 0 Å². The molecule has 0 saturated carbocycles. The number of nitrogens with two attached hydrogens (primary N) is 1. The fourth-order valence-electron chi connectivity index (χ4n) is 2.29. The van der Waals surface area contributed by atoms with Crippen molar-refractivity contribution in [1.29, 1.82) is 0 Å². The van der Waals surface area contributed by atoms with Crippen LogP contribution in [0.15, 0.2) is 18.5 Å². The van der Waals surface area contributed by atoms with E-state index in [-0.39, 0.29) is 17.7 Å². The van der Waals surface area contributed by atoms with Gasteiger partial charge in [-0.05, 0) is 18.4 Å². The Balaban J connectivity index is 2.14. The normalized spacial score (nSPS) is 24.7. The highest BCUT2D eigenvalue weighted by Gasteiger charge is 2.26.